The Kier molecular flexibility index (Phi) is 6.01. The molecule has 5 nitrogen and oxygen atoms in total. The Morgan fingerprint density at radius 1 is 1.00 bits per heavy atom. The van der Waals surface area contributed by atoms with Gasteiger partial charge in [0.05, 0.1) is 11.8 Å². The van der Waals surface area contributed by atoms with Crippen molar-refractivity contribution < 1.29 is 9.53 Å². The van der Waals surface area contributed by atoms with Crippen LogP contribution < -0.4 is 10.2 Å². The van der Waals surface area contributed by atoms with Crippen LogP contribution in [0, 0.1) is 0 Å². The standard InChI is InChI=1S/C24H18ClN3O2/c25-23-21(9-5-13-26-23)24(29)28-27-15-20-8-3-4-10-22(20)30-16-17-11-12-18-6-1-2-7-19(18)14-17/h1-15H,16H2,(H,28,29). The number of aromatic nitrogens is 1. The van der Waals surface area contributed by atoms with Crippen LogP contribution in [0.3, 0.4) is 0 Å². The maximum Gasteiger partial charge on any atom is 0.274 e. The molecule has 0 fully saturated rings. The van der Waals surface area contributed by atoms with E-state index in [-0.39, 0.29) is 10.7 Å². The average molecular weight is 416 g/mol. The number of nitrogens with one attached hydrogen (secondary N) is 1. The number of amides is 1. The summed E-state index contributed by atoms with van der Waals surface area (Å²) >= 11 is 5.93. The fourth-order valence-corrected chi connectivity index (χ4v) is 3.19. The highest BCUT2D eigenvalue weighted by atomic mass is 35.5. The van der Waals surface area contributed by atoms with Crippen molar-refractivity contribution in [3.05, 3.63) is 107 Å². The van der Waals surface area contributed by atoms with Crippen molar-refractivity contribution in [3.63, 3.8) is 0 Å². The van der Waals surface area contributed by atoms with Gasteiger partial charge in [0.15, 0.2) is 0 Å². The molecule has 0 aliphatic carbocycles. The number of halogens is 1. The molecule has 4 rings (SSSR count). The molecule has 1 aromatic heterocycles. The third-order valence-electron chi connectivity index (χ3n) is 4.50. The number of pyridine rings is 1. The van der Waals surface area contributed by atoms with Crippen molar-refractivity contribution in [1.29, 1.82) is 0 Å². The second-order valence-electron chi connectivity index (χ2n) is 6.55. The number of fused-ring (bicyclic) bond motifs is 1. The predicted octanol–water partition coefficient (Wildman–Crippen LogP) is 5.23. The summed E-state index contributed by atoms with van der Waals surface area (Å²) in [6.07, 6.45) is 3.06. The van der Waals surface area contributed by atoms with E-state index >= 15 is 0 Å². The molecule has 0 aliphatic heterocycles. The van der Waals surface area contributed by atoms with E-state index in [9.17, 15) is 4.79 Å². The number of ether oxygens (including phenoxy) is 1. The number of benzene rings is 3. The highest BCUT2D eigenvalue weighted by molar-refractivity contribution is 6.32. The summed E-state index contributed by atoms with van der Waals surface area (Å²) in [7, 11) is 0. The molecule has 4 aromatic rings. The zero-order valence-corrected chi connectivity index (χ0v) is 16.7. The molecule has 0 bridgehead atoms. The van der Waals surface area contributed by atoms with E-state index < -0.39 is 5.91 Å². The van der Waals surface area contributed by atoms with Gasteiger partial charge in [0.25, 0.3) is 5.91 Å². The lowest BCUT2D eigenvalue weighted by molar-refractivity contribution is 0.0955. The minimum absolute atomic E-state index is 0.129. The summed E-state index contributed by atoms with van der Waals surface area (Å²) in [5, 5.41) is 6.52. The van der Waals surface area contributed by atoms with Crippen LogP contribution >= 0.6 is 11.6 Å². The lowest BCUT2D eigenvalue weighted by Gasteiger charge is -2.10. The summed E-state index contributed by atoms with van der Waals surface area (Å²) in [6.45, 7) is 0.424. The van der Waals surface area contributed by atoms with Crippen molar-refractivity contribution in [2.75, 3.05) is 0 Å². The second-order valence-corrected chi connectivity index (χ2v) is 6.91. The van der Waals surface area contributed by atoms with Gasteiger partial charge in [0.1, 0.15) is 17.5 Å². The molecule has 0 spiro atoms. The van der Waals surface area contributed by atoms with Gasteiger partial charge in [-0.05, 0) is 46.7 Å². The maximum absolute atomic E-state index is 12.2. The van der Waals surface area contributed by atoms with Gasteiger partial charge in [0.2, 0.25) is 0 Å². The third-order valence-corrected chi connectivity index (χ3v) is 4.80. The zero-order valence-electron chi connectivity index (χ0n) is 16.0. The minimum atomic E-state index is -0.432. The van der Waals surface area contributed by atoms with Crippen molar-refractivity contribution in [2.24, 2.45) is 5.10 Å². The predicted molar refractivity (Wildman–Crippen MR) is 119 cm³/mol. The van der Waals surface area contributed by atoms with Crippen molar-refractivity contribution in [2.45, 2.75) is 6.61 Å². The van der Waals surface area contributed by atoms with E-state index in [1.165, 1.54) is 23.2 Å². The number of rotatable bonds is 6. The quantitative estimate of drug-likeness (QED) is 0.266. The van der Waals surface area contributed by atoms with E-state index in [0.29, 0.717) is 12.4 Å². The fraction of sp³-hybridized carbons (Fsp3) is 0.0417. The molecule has 3 aromatic carbocycles. The van der Waals surface area contributed by atoms with Gasteiger partial charge < -0.3 is 4.74 Å². The normalized spacial score (nSPS) is 11.0. The molecule has 1 N–H and O–H groups in total. The van der Waals surface area contributed by atoms with Crippen LogP contribution in [0.2, 0.25) is 5.15 Å². The molecule has 6 heteroatoms. The minimum Gasteiger partial charge on any atom is -0.488 e. The highest BCUT2D eigenvalue weighted by Gasteiger charge is 2.09. The molecule has 148 valence electrons. The van der Waals surface area contributed by atoms with Gasteiger partial charge in [-0.2, -0.15) is 5.10 Å². The van der Waals surface area contributed by atoms with E-state index in [1.807, 2.05) is 36.4 Å². The number of hydrogen-bond donors (Lipinski definition) is 1. The monoisotopic (exact) mass is 415 g/mol. The number of carbonyl (C=O) groups is 1. The van der Waals surface area contributed by atoms with Gasteiger partial charge in [-0.3, -0.25) is 4.79 Å². The molecule has 0 saturated heterocycles. The van der Waals surface area contributed by atoms with E-state index in [2.05, 4.69) is 45.8 Å². The van der Waals surface area contributed by atoms with Crippen molar-refractivity contribution >= 4 is 34.5 Å². The second kappa shape index (κ2) is 9.20. The number of hydrazone groups is 1. The average Bonchev–Trinajstić information content (AvgIpc) is 2.78. The maximum atomic E-state index is 12.2. The molecule has 0 radical (unpaired) electrons. The largest absolute Gasteiger partial charge is 0.488 e. The molecule has 0 unspecified atom stereocenters. The van der Waals surface area contributed by atoms with E-state index in [1.54, 1.807) is 12.1 Å². The first-order chi connectivity index (χ1) is 14.7. The summed E-state index contributed by atoms with van der Waals surface area (Å²) in [4.78, 5) is 16.1. The molecular formula is C24H18ClN3O2. The first kappa shape index (κ1) is 19.6. The SMILES string of the molecule is O=C(NN=Cc1ccccc1OCc1ccc2ccccc2c1)c1cccnc1Cl. The van der Waals surface area contributed by atoms with E-state index in [0.717, 1.165) is 11.1 Å². The van der Waals surface area contributed by atoms with Gasteiger partial charge in [-0.25, -0.2) is 10.4 Å². The molecule has 0 atom stereocenters. The Morgan fingerprint density at radius 3 is 2.67 bits per heavy atom. The topological polar surface area (TPSA) is 63.6 Å². The summed E-state index contributed by atoms with van der Waals surface area (Å²) < 4.78 is 6.00. The molecule has 1 heterocycles. The lowest BCUT2D eigenvalue weighted by atomic mass is 10.1. The van der Waals surface area contributed by atoms with Gasteiger partial charge >= 0.3 is 0 Å². The Labute approximate surface area is 179 Å². The Bertz CT molecular complexity index is 1220. The van der Waals surface area contributed by atoms with Crippen LogP contribution in [-0.2, 0) is 6.61 Å². The summed E-state index contributed by atoms with van der Waals surface area (Å²) in [5.41, 5.74) is 4.54. The van der Waals surface area contributed by atoms with Crippen LogP contribution in [0.1, 0.15) is 21.5 Å². The first-order valence-electron chi connectivity index (χ1n) is 9.34. The van der Waals surface area contributed by atoms with Crippen LogP contribution in [0.15, 0.2) is 90.2 Å². The number of nitrogens with zero attached hydrogens (tertiary/aromatic N) is 2. The Morgan fingerprint density at radius 2 is 1.80 bits per heavy atom. The van der Waals surface area contributed by atoms with Gasteiger partial charge in [-0.1, -0.05) is 60.1 Å². The van der Waals surface area contributed by atoms with Gasteiger partial charge in [-0.15, -0.1) is 0 Å². The smallest absolute Gasteiger partial charge is 0.274 e. The third kappa shape index (κ3) is 4.64. The Hall–Kier alpha value is -3.70. The van der Waals surface area contributed by atoms with Gasteiger partial charge in [0, 0.05) is 11.8 Å². The number of hydrogen-bond acceptors (Lipinski definition) is 4. The number of carbonyl (C=O) groups excluding carboxylic acids is 1. The van der Waals surface area contributed by atoms with Crippen molar-refractivity contribution in [1.82, 2.24) is 10.4 Å². The van der Waals surface area contributed by atoms with Crippen LogP contribution in [0.5, 0.6) is 5.75 Å². The summed E-state index contributed by atoms with van der Waals surface area (Å²) in [6, 6.07) is 25.2. The van der Waals surface area contributed by atoms with E-state index in [4.69, 9.17) is 16.3 Å². The molecule has 0 saturated carbocycles. The molecular weight excluding hydrogens is 398 g/mol. The fourth-order valence-electron chi connectivity index (χ4n) is 2.98. The van der Waals surface area contributed by atoms with Crippen LogP contribution in [0.25, 0.3) is 10.8 Å². The van der Waals surface area contributed by atoms with Crippen molar-refractivity contribution in [3.8, 4) is 5.75 Å². The first-order valence-corrected chi connectivity index (χ1v) is 9.72. The molecule has 30 heavy (non-hydrogen) atoms. The summed E-state index contributed by atoms with van der Waals surface area (Å²) in [5.74, 6) is 0.238. The molecule has 1 amide bonds. The number of para-hydroxylation sites is 1. The van der Waals surface area contributed by atoms with Crippen LogP contribution in [0.4, 0.5) is 0 Å². The lowest BCUT2D eigenvalue weighted by Crippen LogP contribution is -2.18. The Balaban J connectivity index is 1.43. The molecule has 0 aliphatic rings. The zero-order chi connectivity index (χ0) is 20.8. The highest BCUT2D eigenvalue weighted by Crippen LogP contribution is 2.20. The van der Waals surface area contributed by atoms with Crippen LogP contribution in [-0.4, -0.2) is 17.1 Å².